The smallest absolute Gasteiger partial charge is 0.0978 e. The molecular weight excluding hydrogens is 290 g/mol. The maximum absolute atomic E-state index is 12.4. The summed E-state index contributed by atoms with van der Waals surface area (Å²) in [5.74, 6) is 0. The van der Waals surface area contributed by atoms with Gasteiger partial charge in [-0.25, -0.2) is 8.93 Å². The number of hydrogen-bond acceptors (Lipinski definition) is 1. The van der Waals surface area contributed by atoms with Crippen molar-refractivity contribution in [2.75, 3.05) is 0 Å². The van der Waals surface area contributed by atoms with Gasteiger partial charge in [-0.2, -0.15) is 0 Å². The Morgan fingerprint density at radius 3 is 2.05 bits per heavy atom. The van der Waals surface area contributed by atoms with E-state index in [4.69, 9.17) is 0 Å². The van der Waals surface area contributed by atoms with Gasteiger partial charge in [0, 0.05) is 0 Å². The van der Waals surface area contributed by atoms with Crippen LogP contribution in [0, 0.1) is 0 Å². The second-order valence-electron chi connectivity index (χ2n) is 6.16. The van der Waals surface area contributed by atoms with E-state index in [-0.39, 0.29) is 10.8 Å². The number of hydrogen-bond donors (Lipinski definition) is 1. The summed E-state index contributed by atoms with van der Waals surface area (Å²) in [4.78, 5) is 0. The van der Waals surface area contributed by atoms with Gasteiger partial charge in [0.2, 0.25) is 0 Å². The minimum atomic E-state index is -1.13. The molecule has 0 saturated carbocycles. The van der Waals surface area contributed by atoms with E-state index in [1.807, 2.05) is 69.3 Å². The Labute approximate surface area is 135 Å². The van der Waals surface area contributed by atoms with E-state index in [0.29, 0.717) is 0 Å². The lowest BCUT2D eigenvalue weighted by molar-refractivity contribution is 0.627. The van der Waals surface area contributed by atoms with Crippen LogP contribution >= 0.6 is 0 Å². The third kappa shape index (κ3) is 4.93. The topological polar surface area (TPSA) is 29.1 Å². The molecular formula is C19H23NOS. The monoisotopic (exact) mass is 313 g/mol. The summed E-state index contributed by atoms with van der Waals surface area (Å²) in [5.41, 5.74) is 2.24. The summed E-state index contributed by atoms with van der Waals surface area (Å²) in [5, 5.41) is 0. The summed E-state index contributed by atoms with van der Waals surface area (Å²) in [6.45, 7) is 5.91. The quantitative estimate of drug-likeness (QED) is 0.865. The molecule has 0 unspecified atom stereocenters. The first-order chi connectivity index (χ1) is 10.5. The first-order valence-electron chi connectivity index (χ1n) is 7.43. The van der Waals surface area contributed by atoms with Gasteiger partial charge in [-0.1, -0.05) is 72.8 Å². The van der Waals surface area contributed by atoms with Crippen LogP contribution in [0.4, 0.5) is 0 Å². The summed E-state index contributed by atoms with van der Waals surface area (Å²) in [7, 11) is -1.13. The SMILES string of the molecule is CC(C)(C)[S@@](=O)N[C@H](/C=C/c1ccccc1)c1ccccc1. The Kier molecular flexibility index (Phi) is 5.69. The van der Waals surface area contributed by atoms with Crippen LogP contribution in [-0.4, -0.2) is 8.96 Å². The molecule has 0 aromatic heterocycles. The highest BCUT2D eigenvalue weighted by Gasteiger charge is 2.22. The highest BCUT2D eigenvalue weighted by Crippen LogP contribution is 2.19. The lowest BCUT2D eigenvalue weighted by Crippen LogP contribution is -2.35. The first-order valence-corrected chi connectivity index (χ1v) is 8.58. The summed E-state index contributed by atoms with van der Waals surface area (Å²) < 4.78 is 15.4. The van der Waals surface area contributed by atoms with Gasteiger partial charge in [0.25, 0.3) is 0 Å². The molecule has 2 atom stereocenters. The van der Waals surface area contributed by atoms with Crippen molar-refractivity contribution >= 4 is 17.1 Å². The molecule has 0 saturated heterocycles. The Morgan fingerprint density at radius 2 is 1.50 bits per heavy atom. The van der Waals surface area contributed by atoms with E-state index in [9.17, 15) is 4.21 Å². The fourth-order valence-corrected chi connectivity index (χ4v) is 2.74. The van der Waals surface area contributed by atoms with Crippen LogP contribution in [-0.2, 0) is 11.0 Å². The molecule has 0 aliphatic rings. The highest BCUT2D eigenvalue weighted by molar-refractivity contribution is 7.84. The molecule has 116 valence electrons. The molecule has 0 bridgehead atoms. The van der Waals surface area contributed by atoms with E-state index in [2.05, 4.69) is 29.0 Å². The van der Waals surface area contributed by atoms with Crippen LogP contribution in [0.1, 0.15) is 37.9 Å². The van der Waals surface area contributed by atoms with E-state index in [1.54, 1.807) is 0 Å². The van der Waals surface area contributed by atoms with Crippen molar-refractivity contribution in [2.24, 2.45) is 0 Å². The lowest BCUT2D eigenvalue weighted by Gasteiger charge is -2.22. The summed E-state index contributed by atoms with van der Waals surface area (Å²) >= 11 is 0. The number of rotatable bonds is 5. The molecule has 2 rings (SSSR count). The number of nitrogens with one attached hydrogen (secondary N) is 1. The zero-order valence-electron chi connectivity index (χ0n) is 13.3. The van der Waals surface area contributed by atoms with Crippen LogP contribution in [0.3, 0.4) is 0 Å². The molecule has 0 fully saturated rings. The van der Waals surface area contributed by atoms with E-state index in [1.165, 1.54) is 0 Å². The van der Waals surface area contributed by atoms with E-state index in [0.717, 1.165) is 11.1 Å². The zero-order valence-corrected chi connectivity index (χ0v) is 14.1. The minimum absolute atomic E-state index is 0.0820. The molecule has 0 spiro atoms. The van der Waals surface area contributed by atoms with Crippen molar-refractivity contribution in [3.63, 3.8) is 0 Å². The fraction of sp³-hybridized carbons (Fsp3) is 0.263. The maximum atomic E-state index is 12.4. The van der Waals surface area contributed by atoms with Crippen molar-refractivity contribution in [1.82, 2.24) is 4.72 Å². The summed E-state index contributed by atoms with van der Waals surface area (Å²) in [6, 6.07) is 20.1. The molecule has 2 aromatic rings. The summed E-state index contributed by atoms with van der Waals surface area (Å²) in [6.07, 6.45) is 4.12. The van der Waals surface area contributed by atoms with Crippen LogP contribution in [0.25, 0.3) is 6.08 Å². The Bertz CT molecular complexity index is 629. The predicted molar refractivity (Wildman–Crippen MR) is 95.7 cm³/mol. The molecule has 0 aliphatic carbocycles. The van der Waals surface area contributed by atoms with Crippen molar-refractivity contribution in [1.29, 1.82) is 0 Å². The molecule has 22 heavy (non-hydrogen) atoms. The average Bonchev–Trinajstić information content (AvgIpc) is 2.52. The van der Waals surface area contributed by atoms with Gasteiger partial charge in [-0.15, -0.1) is 0 Å². The molecule has 0 aliphatic heterocycles. The van der Waals surface area contributed by atoms with Gasteiger partial charge in [-0.05, 0) is 31.9 Å². The highest BCUT2D eigenvalue weighted by atomic mass is 32.2. The number of benzene rings is 2. The van der Waals surface area contributed by atoms with Gasteiger partial charge < -0.3 is 0 Å². The van der Waals surface area contributed by atoms with Gasteiger partial charge in [-0.3, -0.25) is 0 Å². The predicted octanol–water partition coefficient (Wildman–Crippen LogP) is 4.49. The first kappa shape index (κ1) is 16.7. The van der Waals surface area contributed by atoms with Gasteiger partial charge in [0.1, 0.15) is 0 Å². The molecule has 1 N–H and O–H groups in total. The Morgan fingerprint density at radius 1 is 0.955 bits per heavy atom. The zero-order chi connectivity index (χ0) is 16.0. The third-order valence-electron chi connectivity index (χ3n) is 3.23. The van der Waals surface area contributed by atoms with Crippen molar-refractivity contribution < 1.29 is 4.21 Å². The Hall–Kier alpha value is -1.71. The van der Waals surface area contributed by atoms with Gasteiger partial charge in [0.05, 0.1) is 21.8 Å². The second-order valence-corrected chi connectivity index (χ2v) is 8.16. The van der Waals surface area contributed by atoms with E-state index >= 15 is 0 Å². The van der Waals surface area contributed by atoms with Crippen LogP contribution in [0.2, 0.25) is 0 Å². The van der Waals surface area contributed by atoms with Crippen LogP contribution in [0.15, 0.2) is 66.7 Å². The van der Waals surface area contributed by atoms with Crippen LogP contribution in [0.5, 0.6) is 0 Å². The Balaban J connectivity index is 2.23. The molecule has 0 amide bonds. The molecule has 2 nitrogen and oxygen atoms in total. The minimum Gasteiger partial charge on any atom is -0.242 e. The van der Waals surface area contributed by atoms with E-state index < -0.39 is 11.0 Å². The second kappa shape index (κ2) is 7.52. The molecule has 3 heteroatoms. The lowest BCUT2D eigenvalue weighted by atomic mass is 10.1. The van der Waals surface area contributed by atoms with Gasteiger partial charge in [0.15, 0.2) is 0 Å². The fourth-order valence-electron chi connectivity index (χ4n) is 1.94. The molecule has 0 radical (unpaired) electrons. The average molecular weight is 313 g/mol. The molecule has 0 heterocycles. The standard InChI is InChI=1S/C19H23NOS/c1-19(2,3)22(21)20-18(17-12-8-5-9-13-17)15-14-16-10-6-4-7-11-16/h4-15,18,20H,1-3H3/b15-14+/t18-,22-/m1/s1. The van der Waals surface area contributed by atoms with Crippen molar-refractivity contribution in [3.05, 3.63) is 77.9 Å². The van der Waals surface area contributed by atoms with Crippen LogP contribution < -0.4 is 4.72 Å². The van der Waals surface area contributed by atoms with Crippen molar-refractivity contribution in [3.8, 4) is 0 Å². The largest absolute Gasteiger partial charge is 0.242 e. The third-order valence-corrected chi connectivity index (χ3v) is 4.81. The van der Waals surface area contributed by atoms with Crippen molar-refractivity contribution in [2.45, 2.75) is 31.6 Å². The molecule has 2 aromatic carbocycles. The normalized spacial score (nSPS) is 14.9. The maximum Gasteiger partial charge on any atom is 0.0978 e. The van der Waals surface area contributed by atoms with Gasteiger partial charge >= 0.3 is 0 Å².